The second-order valence-electron chi connectivity index (χ2n) is 12.7. The van der Waals surface area contributed by atoms with Gasteiger partial charge >= 0.3 is 12.1 Å². The van der Waals surface area contributed by atoms with Crippen molar-refractivity contribution in [1.82, 2.24) is 20.4 Å². The number of ether oxygens (including phenoxy) is 2. The molecule has 0 fully saturated rings. The molecule has 47 heavy (non-hydrogen) atoms. The van der Waals surface area contributed by atoms with Crippen molar-refractivity contribution in [3.63, 3.8) is 0 Å². The van der Waals surface area contributed by atoms with Crippen molar-refractivity contribution in [3.05, 3.63) is 96.3 Å². The second kappa shape index (κ2) is 14.9. The number of alkyl carbamates (subject to hydrolysis) is 1. The minimum absolute atomic E-state index is 0.0222. The molecule has 2 atom stereocenters. The van der Waals surface area contributed by atoms with Crippen molar-refractivity contribution in [1.29, 1.82) is 0 Å². The number of rotatable bonds is 13. The highest BCUT2D eigenvalue weighted by Crippen LogP contribution is 2.24. The van der Waals surface area contributed by atoms with Crippen molar-refractivity contribution in [2.24, 2.45) is 0 Å². The summed E-state index contributed by atoms with van der Waals surface area (Å²) in [4.78, 5) is 51.4. The van der Waals surface area contributed by atoms with E-state index in [4.69, 9.17) is 9.47 Å². The zero-order valence-corrected chi connectivity index (χ0v) is 27.2. The molecule has 1 unspecified atom stereocenters. The molecule has 12 heteroatoms. The third kappa shape index (κ3) is 10.1. The number of benzene rings is 3. The maximum atomic E-state index is 13.5. The van der Waals surface area contributed by atoms with Gasteiger partial charge in [0.2, 0.25) is 11.8 Å². The van der Waals surface area contributed by atoms with Crippen LogP contribution in [0.15, 0.2) is 85.2 Å². The molecule has 4 aromatic rings. The number of aromatic nitrogens is 2. The summed E-state index contributed by atoms with van der Waals surface area (Å²) in [6.45, 7) is 8.14. The molecule has 0 aliphatic carbocycles. The Morgan fingerprint density at radius 1 is 0.915 bits per heavy atom. The van der Waals surface area contributed by atoms with Crippen molar-refractivity contribution in [3.8, 4) is 0 Å². The number of hydrogen-bond acceptors (Lipinski definition) is 7. The normalized spacial score (nSPS) is 13.0. The number of nitrogens with zero attached hydrogens (tertiary/aromatic N) is 2. The first-order valence-electron chi connectivity index (χ1n) is 15.2. The smallest absolute Gasteiger partial charge is 0.408 e. The number of carboxylic acid groups (broad SMARTS) is 1. The highest BCUT2D eigenvalue weighted by atomic mass is 16.6. The van der Waals surface area contributed by atoms with Crippen LogP contribution >= 0.6 is 0 Å². The number of anilines is 1. The van der Waals surface area contributed by atoms with E-state index in [1.807, 2.05) is 66.7 Å². The van der Waals surface area contributed by atoms with E-state index < -0.39 is 47.0 Å². The third-order valence-electron chi connectivity index (χ3n) is 7.14. The molecular formula is C35H41N5O7. The van der Waals surface area contributed by atoms with E-state index in [1.54, 1.807) is 26.8 Å². The van der Waals surface area contributed by atoms with Crippen LogP contribution in [0.25, 0.3) is 10.8 Å². The lowest BCUT2D eigenvalue weighted by molar-refractivity contribution is -0.139. The Morgan fingerprint density at radius 3 is 2.28 bits per heavy atom. The summed E-state index contributed by atoms with van der Waals surface area (Å²) in [5.41, 5.74) is -0.399. The molecule has 0 radical (unpaired) electrons. The summed E-state index contributed by atoms with van der Waals surface area (Å²) >= 11 is 0. The van der Waals surface area contributed by atoms with Crippen LogP contribution in [0.5, 0.6) is 0 Å². The molecule has 3 amide bonds. The fourth-order valence-electron chi connectivity index (χ4n) is 4.70. The van der Waals surface area contributed by atoms with E-state index in [-0.39, 0.29) is 19.8 Å². The van der Waals surface area contributed by atoms with Gasteiger partial charge in [0.05, 0.1) is 31.6 Å². The van der Waals surface area contributed by atoms with Gasteiger partial charge in [-0.2, -0.15) is 5.10 Å². The van der Waals surface area contributed by atoms with Gasteiger partial charge in [-0.25, -0.2) is 4.79 Å². The first kappa shape index (κ1) is 34.6. The van der Waals surface area contributed by atoms with Gasteiger partial charge in [-0.3, -0.25) is 19.1 Å². The minimum atomic E-state index is -1.43. The molecule has 4 rings (SSSR count). The van der Waals surface area contributed by atoms with Crippen molar-refractivity contribution in [2.45, 2.75) is 70.9 Å². The molecule has 3 aromatic carbocycles. The lowest BCUT2D eigenvalue weighted by Crippen LogP contribution is -2.59. The number of carboxylic acids is 1. The topological polar surface area (TPSA) is 161 Å². The van der Waals surface area contributed by atoms with Crippen molar-refractivity contribution >= 4 is 40.3 Å². The molecule has 0 spiro atoms. The molecule has 1 aromatic heterocycles. The van der Waals surface area contributed by atoms with Crippen LogP contribution in [0.2, 0.25) is 0 Å². The minimum Gasteiger partial charge on any atom is -0.481 e. The van der Waals surface area contributed by atoms with Crippen LogP contribution < -0.4 is 16.0 Å². The summed E-state index contributed by atoms with van der Waals surface area (Å²) in [5, 5.41) is 24.1. The summed E-state index contributed by atoms with van der Waals surface area (Å²) in [6, 6.07) is 21.4. The van der Waals surface area contributed by atoms with Crippen LogP contribution in [0.4, 0.5) is 10.5 Å². The van der Waals surface area contributed by atoms with Gasteiger partial charge in [-0.1, -0.05) is 72.8 Å². The van der Waals surface area contributed by atoms with E-state index in [1.165, 1.54) is 30.9 Å². The van der Waals surface area contributed by atoms with Crippen LogP contribution in [-0.4, -0.2) is 62.6 Å². The monoisotopic (exact) mass is 643 g/mol. The number of carbonyl (C=O) groups is 4. The highest BCUT2D eigenvalue weighted by Gasteiger charge is 2.34. The molecule has 0 aliphatic heterocycles. The van der Waals surface area contributed by atoms with Gasteiger partial charge in [-0.05, 0) is 56.5 Å². The Morgan fingerprint density at radius 2 is 1.60 bits per heavy atom. The molecule has 1 heterocycles. The summed E-state index contributed by atoms with van der Waals surface area (Å²) < 4.78 is 12.5. The lowest BCUT2D eigenvalue weighted by Gasteiger charge is -2.29. The molecular weight excluding hydrogens is 602 g/mol. The summed E-state index contributed by atoms with van der Waals surface area (Å²) in [6.07, 6.45) is 2.14. The predicted molar refractivity (Wildman–Crippen MR) is 177 cm³/mol. The number of nitrogens with one attached hydrogen (secondary N) is 3. The fourth-order valence-corrected chi connectivity index (χ4v) is 4.70. The molecule has 0 bridgehead atoms. The SMILES string of the molecule is CC(C)(C)OC(=O)NC(C)(C)C(=O)N[C@H](COCc1ccccc1)C(=O)Nc1cnn(CC(C(=O)O)c2ccc3ccccc3c2)c1. The van der Waals surface area contributed by atoms with Gasteiger partial charge in [0.1, 0.15) is 23.1 Å². The first-order chi connectivity index (χ1) is 22.2. The van der Waals surface area contributed by atoms with Crippen molar-refractivity contribution < 1.29 is 33.8 Å². The standard InChI is InChI=1S/C35H41N5O7/c1-34(2,3)47-33(45)39-35(4,5)32(44)38-29(22-46-21-23-11-7-6-8-12-23)30(41)37-27-18-36-40(19-27)20-28(31(42)43)26-16-15-24-13-9-10-14-25(24)17-26/h6-19,28-29H,20-22H2,1-5H3,(H,37,41)(H,38,44)(H,39,45)(H,42,43)/t28?,29-/m1/s1. The maximum Gasteiger partial charge on any atom is 0.408 e. The van der Waals surface area contributed by atoms with E-state index >= 15 is 0 Å². The Labute approximate surface area is 273 Å². The number of amides is 3. The van der Waals surface area contributed by atoms with Gasteiger partial charge in [0.15, 0.2) is 0 Å². The zero-order chi connectivity index (χ0) is 34.2. The third-order valence-corrected chi connectivity index (χ3v) is 7.14. The Bertz CT molecular complexity index is 1710. The first-order valence-corrected chi connectivity index (χ1v) is 15.2. The zero-order valence-electron chi connectivity index (χ0n) is 27.2. The second-order valence-corrected chi connectivity index (χ2v) is 12.7. The highest BCUT2D eigenvalue weighted by molar-refractivity contribution is 5.99. The quantitative estimate of drug-likeness (QED) is 0.161. The van der Waals surface area contributed by atoms with Crippen molar-refractivity contribution in [2.75, 3.05) is 11.9 Å². The molecule has 0 aliphatic rings. The number of aliphatic carboxylic acids is 1. The number of hydrogen-bond donors (Lipinski definition) is 4. The molecule has 248 valence electrons. The fraction of sp³-hybridized carbons (Fsp3) is 0.343. The molecule has 4 N–H and O–H groups in total. The number of fused-ring (bicyclic) bond motifs is 1. The Balaban J connectivity index is 1.45. The lowest BCUT2D eigenvalue weighted by atomic mass is 9.96. The van der Waals surface area contributed by atoms with Crippen LogP contribution in [-0.2, 0) is 37.0 Å². The van der Waals surface area contributed by atoms with Gasteiger partial charge in [0, 0.05) is 6.20 Å². The van der Waals surface area contributed by atoms with Gasteiger partial charge in [0.25, 0.3) is 0 Å². The van der Waals surface area contributed by atoms with Gasteiger partial charge in [-0.15, -0.1) is 0 Å². The van der Waals surface area contributed by atoms with E-state index in [9.17, 15) is 24.3 Å². The van der Waals surface area contributed by atoms with E-state index in [0.29, 0.717) is 11.3 Å². The largest absolute Gasteiger partial charge is 0.481 e. The van der Waals surface area contributed by atoms with Crippen LogP contribution in [0, 0.1) is 0 Å². The average Bonchev–Trinajstić information content (AvgIpc) is 3.44. The molecule has 12 nitrogen and oxygen atoms in total. The Hall–Kier alpha value is -5.23. The molecule has 0 saturated heterocycles. The van der Waals surface area contributed by atoms with E-state index in [2.05, 4.69) is 21.0 Å². The molecule has 0 saturated carbocycles. The van der Waals surface area contributed by atoms with Crippen LogP contribution in [0.1, 0.15) is 51.7 Å². The number of carbonyl (C=O) groups excluding carboxylic acids is 3. The van der Waals surface area contributed by atoms with Crippen LogP contribution in [0.3, 0.4) is 0 Å². The van der Waals surface area contributed by atoms with Gasteiger partial charge < -0.3 is 30.5 Å². The predicted octanol–water partition coefficient (Wildman–Crippen LogP) is 4.85. The maximum absolute atomic E-state index is 13.5. The average molecular weight is 644 g/mol. The summed E-state index contributed by atoms with van der Waals surface area (Å²) in [7, 11) is 0. The van der Waals surface area contributed by atoms with E-state index in [0.717, 1.165) is 16.3 Å². The summed E-state index contributed by atoms with van der Waals surface area (Å²) in [5.74, 6) is -3.13. The Kier molecular flexibility index (Phi) is 11.0.